The number of nitrogens with zero attached hydrogens (tertiary/aromatic N) is 2. The quantitative estimate of drug-likeness (QED) is 0.468. The van der Waals surface area contributed by atoms with Crippen molar-refractivity contribution in [2.45, 2.75) is 50.5 Å². The molecule has 7 nitrogen and oxygen atoms in total. The average molecular weight is 533 g/mol. The lowest BCUT2D eigenvalue weighted by atomic mass is 9.99. The van der Waals surface area contributed by atoms with Gasteiger partial charge in [-0.2, -0.15) is 8.78 Å². The lowest BCUT2D eigenvalue weighted by molar-refractivity contribution is -0.122. The summed E-state index contributed by atoms with van der Waals surface area (Å²) in [6.07, 6.45) is 3.20. The fraction of sp³-hybridized carbons (Fsp3) is 0.478. The van der Waals surface area contributed by atoms with Crippen LogP contribution in [-0.4, -0.2) is 44.0 Å². The van der Waals surface area contributed by atoms with E-state index in [0.717, 1.165) is 44.7 Å². The van der Waals surface area contributed by atoms with E-state index in [1.54, 1.807) is 13.0 Å². The van der Waals surface area contributed by atoms with E-state index in [-0.39, 0.29) is 23.8 Å². The van der Waals surface area contributed by atoms with E-state index >= 15 is 0 Å². The van der Waals surface area contributed by atoms with Gasteiger partial charge in [-0.15, -0.1) is 0 Å². The number of hydrogen-bond donors (Lipinski definition) is 2. The first-order chi connectivity index (χ1) is 16.3. The maximum atomic E-state index is 14.3. The second kappa shape index (κ2) is 11.0. The number of benzene rings is 1. The third-order valence-corrected chi connectivity index (χ3v) is 6.41. The SMILES string of the molecule is CC(C(=O)NCc1ccc(CC(F)(F)Cl)nc1N1CCCCC1)c1ccc(NS(C)(=O)=O)c(F)c1. The number of sulfonamides is 1. The largest absolute Gasteiger partial charge is 0.356 e. The first-order valence-electron chi connectivity index (χ1n) is 11.2. The van der Waals surface area contributed by atoms with Crippen LogP contribution in [0, 0.1) is 5.82 Å². The van der Waals surface area contributed by atoms with Crippen LogP contribution in [-0.2, 0) is 27.8 Å². The zero-order valence-electron chi connectivity index (χ0n) is 19.5. The van der Waals surface area contributed by atoms with Crippen molar-refractivity contribution in [3.63, 3.8) is 0 Å². The van der Waals surface area contributed by atoms with Crippen molar-refractivity contribution >= 4 is 39.0 Å². The molecule has 1 atom stereocenters. The number of nitrogens with one attached hydrogen (secondary N) is 2. The Morgan fingerprint density at radius 2 is 1.89 bits per heavy atom. The Kier molecular flexibility index (Phi) is 8.53. The molecule has 0 spiro atoms. The van der Waals surface area contributed by atoms with Gasteiger partial charge in [0, 0.05) is 25.2 Å². The third kappa shape index (κ3) is 7.99. The van der Waals surface area contributed by atoms with E-state index in [1.807, 2.05) is 4.90 Å². The van der Waals surface area contributed by atoms with E-state index < -0.39 is 33.6 Å². The number of alkyl halides is 3. The highest BCUT2D eigenvalue weighted by Crippen LogP contribution is 2.28. The summed E-state index contributed by atoms with van der Waals surface area (Å²) in [4.78, 5) is 19.2. The summed E-state index contributed by atoms with van der Waals surface area (Å²) in [7, 11) is -3.64. The molecule has 192 valence electrons. The number of pyridine rings is 1. The van der Waals surface area contributed by atoms with E-state index in [9.17, 15) is 26.4 Å². The number of aromatic nitrogens is 1. The van der Waals surface area contributed by atoms with Crippen molar-refractivity contribution in [3.05, 3.63) is 53.0 Å². The Hall–Kier alpha value is -2.53. The Labute approximate surface area is 208 Å². The van der Waals surface area contributed by atoms with Crippen molar-refractivity contribution in [2.24, 2.45) is 0 Å². The van der Waals surface area contributed by atoms with Gasteiger partial charge in [-0.25, -0.2) is 17.8 Å². The molecule has 0 bridgehead atoms. The van der Waals surface area contributed by atoms with Crippen LogP contribution in [0.5, 0.6) is 0 Å². The summed E-state index contributed by atoms with van der Waals surface area (Å²) in [6, 6.07) is 6.98. The highest BCUT2D eigenvalue weighted by Gasteiger charge is 2.27. The smallest absolute Gasteiger partial charge is 0.327 e. The molecule has 1 aliphatic rings. The van der Waals surface area contributed by atoms with Gasteiger partial charge < -0.3 is 10.2 Å². The molecular weight excluding hydrogens is 505 g/mol. The molecule has 3 rings (SSSR count). The number of amides is 1. The van der Waals surface area contributed by atoms with Crippen LogP contribution in [0.15, 0.2) is 30.3 Å². The van der Waals surface area contributed by atoms with Gasteiger partial charge in [0.2, 0.25) is 15.9 Å². The molecule has 2 heterocycles. The van der Waals surface area contributed by atoms with E-state index in [0.29, 0.717) is 16.9 Å². The van der Waals surface area contributed by atoms with Crippen LogP contribution >= 0.6 is 11.6 Å². The third-order valence-electron chi connectivity index (χ3n) is 5.69. The molecule has 1 fully saturated rings. The predicted octanol–water partition coefficient (Wildman–Crippen LogP) is 4.38. The monoisotopic (exact) mass is 532 g/mol. The zero-order valence-corrected chi connectivity index (χ0v) is 21.0. The zero-order chi connectivity index (χ0) is 25.8. The molecule has 2 N–H and O–H groups in total. The summed E-state index contributed by atoms with van der Waals surface area (Å²) in [5.41, 5.74) is 0.997. The average Bonchev–Trinajstić information content (AvgIpc) is 2.77. The fourth-order valence-electron chi connectivity index (χ4n) is 3.91. The van der Waals surface area contributed by atoms with Gasteiger partial charge in [-0.05, 0) is 61.5 Å². The van der Waals surface area contributed by atoms with Crippen molar-refractivity contribution in [1.29, 1.82) is 0 Å². The van der Waals surface area contributed by atoms with E-state index in [1.165, 1.54) is 18.2 Å². The Bertz CT molecular complexity index is 1170. The maximum Gasteiger partial charge on any atom is 0.327 e. The summed E-state index contributed by atoms with van der Waals surface area (Å²) in [6.45, 7) is 3.18. The molecule has 12 heteroatoms. The first-order valence-corrected chi connectivity index (χ1v) is 13.4. The van der Waals surface area contributed by atoms with Gasteiger partial charge in [0.1, 0.15) is 11.6 Å². The van der Waals surface area contributed by atoms with Gasteiger partial charge in [0.15, 0.2) is 0 Å². The Balaban J connectivity index is 1.74. The van der Waals surface area contributed by atoms with Crippen LogP contribution < -0.4 is 14.9 Å². The minimum atomic E-state index is -3.64. The number of anilines is 2. The van der Waals surface area contributed by atoms with Crippen molar-refractivity contribution in [1.82, 2.24) is 10.3 Å². The summed E-state index contributed by atoms with van der Waals surface area (Å²) in [5.74, 6) is -1.36. The van der Waals surface area contributed by atoms with Crippen LogP contribution in [0.3, 0.4) is 0 Å². The van der Waals surface area contributed by atoms with E-state index in [4.69, 9.17) is 11.6 Å². The minimum absolute atomic E-state index is 0.107. The molecule has 1 aromatic carbocycles. The summed E-state index contributed by atoms with van der Waals surface area (Å²) >= 11 is 5.09. The number of carbonyl (C=O) groups excluding carboxylic acids is 1. The molecule has 1 aliphatic heterocycles. The van der Waals surface area contributed by atoms with Crippen LogP contribution in [0.4, 0.5) is 24.7 Å². The van der Waals surface area contributed by atoms with Crippen LogP contribution in [0.25, 0.3) is 0 Å². The van der Waals surface area contributed by atoms with Gasteiger partial charge in [-0.3, -0.25) is 9.52 Å². The predicted molar refractivity (Wildman–Crippen MR) is 130 cm³/mol. The van der Waals surface area contributed by atoms with Gasteiger partial charge in [0.25, 0.3) is 0 Å². The molecular formula is C23H28ClF3N4O3S. The molecule has 0 radical (unpaired) electrons. The Morgan fingerprint density at radius 1 is 1.20 bits per heavy atom. The second-order valence-corrected chi connectivity index (χ2v) is 11.0. The number of carbonyl (C=O) groups is 1. The number of hydrogen-bond acceptors (Lipinski definition) is 5. The molecule has 1 amide bonds. The number of rotatable bonds is 9. The van der Waals surface area contributed by atoms with Crippen LogP contribution in [0.2, 0.25) is 0 Å². The standard InChI is InChI=1S/C23H28ClF3N4O3S/c1-15(16-7-9-20(19(25)12-16)30-35(2,33)34)22(32)28-14-17-6-8-18(13-23(24,26)27)29-21(17)31-10-4-3-5-11-31/h6-9,12,15,30H,3-5,10-11,13-14H2,1-2H3,(H,28,32). The van der Waals surface area contributed by atoms with E-state index in [2.05, 4.69) is 15.0 Å². The maximum absolute atomic E-state index is 14.3. The van der Waals surface area contributed by atoms with Gasteiger partial charge >= 0.3 is 5.38 Å². The highest BCUT2D eigenvalue weighted by atomic mass is 35.5. The lowest BCUT2D eigenvalue weighted by Crippen LogP contribution is -2.33. The summed E-state index contributed by atoms with van der Waals surface area (Å²) < 4.78 is 65.7. The number of halogens is 4. The van der Waals surface area contributed by atoms with Crippen molar-refractivity contribution < 1.29 is 26.4 Å². The molecule has 0 aliphatic carbocycles. The molecule has 1 aromatic heterocycles. The molecule has 1 unspecified atom stereocenters. The van der Waals surface area contributed by atoms with Gasteiger partial charge in [0.05, 0.1) is 30.0 Å². The molecule has 1 saturated heterocycles. The van der Waals surface area contributed by atoms with Crippen molar-refractivity contribution in [3.8, 4) is 0 Å². The molecule has 0 saturated carbocycles. The number of piperidine rings is 1. The normalized spacial score (nSPS) is 15.5. The fourth-order valence-corrected chi connectivity index (χ4v) is 4.61. The second-order valence-electron chi connectivity index (χ2n) is 8.68. The molecule has 35 heavy (non-hydrogen) atoms. The van der Waals surface area contributed by atoms with Gasteiger partial charge in [-0.1, -0.05) is 12.1 Å². The summed E-state index contributed by atoms with van der Waals surface area (Å²) in [5, 5.41) is -0.601. The lowest BCUT2D eigenvalue weighted by Gasteiger charge is -2.30. The minimum Gasteiger partial charge on any atom is -0.356 e. The highest BCUT2D eigenvalue weighted by molar-refractivity contribution is 7.92. The van der Waals surface area contributed by atoms with Crippen molar-refractivity contribution in [2.75, 3.05) is 29.0 Å². The van der Waals surface area contributed by atoms with Crippen LogP contribution in [0.1, 0.15) is 48.9 Å². The topological polar surface area (TPSA) is 91.4 Å². The molecule has 2 aromatic rings. The first kappa shape index (κ1) is 27.1. The Morgan fingerprint density at radius 3 is 2.49 bits per heavy atom.